The van der Waals surface area contributed by atoms with Gasteiger partial charge >= 0.3 is 6.01 Å². The minimum Gasteiger partial charge on any atom is -0.508 e. The molecule has 0 spiro atoms. The fraction of sp³-hybridized carbons (Fsp3) is 0.512. The number of rotatable bonds is 8. The number of likely N-dealkylation sites (N-methyl/N-ethyl adjacent to an activating group) is 1. The third kappa shape index (κ3) is 6.92. The van der Waals surface area contributed by atoms with E-state index in [1.165, 1.54) is 12.3 Å². The van der Waals surface area contributed by atoms with Crippen LogP contribution >= 0.6 is 0 Å². The number of aromatic nitrogens is 3. The van der Waals surface area contributed by atoms with Gasteiger partial charge in [0, 0.05) is 59.6 Å². The highest BCUT2D eigenvalue weighted by atomic mass is 28.3. The minimum atomic E-state index is -2.18. The van der Waals surface area contributed by atoms with Crippen molar-refractivity contribution < 1.29 is 18.6 Å². The van der Waals surface area contributed by atoms with Crippen molar-refractivity contribution in [1.29, 1.82) is 0 Å². The number of fused-ring (bicyclic) bond motifs is 3. The van der Waals surface area contributed by atoms with Crippen LogP contribution in [0.2, 0.25) is 16.6 Å². The lowest BCUT2D eigenvalue weighted by atomic mass is 9.94. The van der Waals surface area contributed by atoms with E-state index in [0.717, 1.165) is 53.1 Å². The molecule has 0 saturated carbocycles. The van der Waals surface area contributed by atoms with Gasteiger partial charge < -0.3 is 24.5 Å². The molecule has 3 aliphatic rings. The lowest BCUT2D eigenvalue weighted by Crippen LogP contribution is -2.43. The fourth-order valence-corrected chi connectivity index (χ4v) is 14.7. The fourth-order valence-electron chi connectivity index (χ4n) is 9.53. The van der Waals surface area contributed by atoms with Crippen molar-refractivity contribution in [1.82, 2.24) is 19.9 Å². The molecule has 0 aliphatic carbocycles. The number of phenolic OH excluding ortho intramolecular Hbond substituents is 1. The summed E-state index contributed by atoms with van der Waals surface area (Å²) >= 11 is 0. The second-order valence-electron chi connectivity index (χ2n) is 16.6. The number of likely N-dealkylation sites (tertiary alicyclic amines) is 1. The molecule has 3 aliphatic heterocycles. The molecular weight excluding hydrogens is 699 g/mol. The Balaban J connectivity index is 1.32. The molecule has 2 aromatic carbocycles. The van der Waals surface area contributed by atoms with Gasteiger partial charge in [-0.25, -0.2) is 8.78 Å². The van der Waals surface area contributed by atoms with Gasteiger partial charge in [0.25, 0.3) is 0 Å². The molecular formula is C43H54F2N6O2Si. The van der Waals surface area contributed by atoms with Crippen LogP contribution in [-0.4, -0.2) is 71.9 Å². The second kappa shape index (κ2) is 15.1. The zero-order chi connectivity index (χ0) is 38.5. The van der Waals surface area contributed by atoms with E-state index in [0.29, 0.717) is 78.2 Å². The van der Waals surface area contributed by atoms with Crippen LogP contribution in [0.3, 0.4) is 0 Å². The Hall–Kier alpha value is -4.27. The zero-order valence-electron chi connectivity index (χ0n) is 33.0. The van der Waals surface area contributed by atoms with Gasteiger partial charge in [0.05, 0.1) is 24.0 Å². The summed E-state index contributed by atoms with van der Waals surface area (Å²) in [5.41, 5.74) is 9.39. The summed E-state index contributed by atoms with van der Waals surface area (Å²) in [6.45, 7) is 18.5. The van der Waals surface area contributed by atoms with Crippen LogP contribution in [-0.2, 0) is 25.9 Å². The smallest absolute Gasteiger partial charge is 0.318 e. The van der Waals surface area contributed by atoms with Gasteiger partial charge in [-0.3, -0.25) is 4.98 Å². The van der Waals surface area contributed by atoms with Crippen LogP contribution in [0, 0.1) is 23.1 Å². The van der Waals surface area contributed by atoms with Crippen LogP contribution in [0.5, 0.6) is 11.8 Å². The first-order chi connectivity index (χ1) is 25.8. The van der Waals surface area contributed by atoms with Crippen molar-refractivity contribution in [2.45, 2.75) is 116 Å². The molecule has 54 heavy (non-hydrogen) atoms. The number of benzene rings is 2. The van der Waals surface area contributed by atoms with Gasteiger partial charge in [-0.15, -0.1) is 5.54 Å². The third-order valence-electron chi connectivity index (χ3n) is 12.5. The molecule has 2 atom stereocenters. The highest BCUT2D eigenvalue weighted by molar-refractivity contribution is 6.90. The number of aromatic hydroxyl groups is 1. The van der Waals surface area contributed by atoms with Crippen molar-refractivity contribution in [3.05, 3.63) is 76.2 Å². The molecule has 5 heterocycles. The van der Waals surface area contributed by atoms with Gasteiger partial charge in [0.15, 0.2) is 0 Å². The standard InChI is InChI=1S/C43H54F2N6O2Si/c1-26(2)54(27(3)4,28(5)6)17-14-34-37(44)12-11-30-19-33(52)20-40(41(30)34)50-16-13-35-39(24-50)47-43(53-25-32-10-9-15-49(32)8)48-42(35)51-23-36-31(18-29(51)7)21-46-22-38(36)45/h11-12,19-22,26-29,32,52H,9-10,13,15-16,18,23-25H2,1-8H3/t29?,32-/m0/s1. The number of halogens is 2. The molecule has 0 radical (unpaired) electrons. The van der Waals surface area contributed by atoms with E-state index in [9.17, 15) is 5.11 Å². The predicted molar refractivity (Wildman–Crippen MR) is 215 cm³/mol. The summed E-state index contributed by atoms with van der Waals surface area (Å²) in [5.74, 6) is 3.62. The summed E-state index contributed by atoms with van der Waals surface area (Å²) < 4.78 is 37.6. The highest BCUT2D eigenvalue weighted by Gasteiger charge is 2.42. The highest BCUT2D eigenvalue weighted by Crippen LogP contribution is 2.43. The van der Waals surface area contributed by atoms with Crippen LogP contribution in [0.25, 0.3) is 10.8 Å². The normalized spacial score (nSPS) is 19.1. The Morgan fingerprint density at radius 1 is 0.963 bits per heavy atom. The summed E-state index contributed by atoms with van der Waals surface area (Å²) in [6.07, 6.45) is 6.48. The lowest BCUT2D eigenvalue weighted by molar-refractivity contribution is 0.187. The van der Waals surface area contributed by atoms with E-state index in [-0.39, 0.29) is 29.5 Å². The summed E-state index contributed by atoms with van der Waals surface area (Å²) in [5, 5.41) is 12.5. The number of hydrogen-bond donors (Lipinski definition) is 1. The van der Waals surface area contributed by atoms with Crippen molar-refractivity contribution in [2.75, 3.05) is 36.5 Å². The maximum absolute atomic E-state index is 16.1. The summed E-state index contributed by atoms with van der Waals surface area (Å²) in [6, 6.07) is 7.24. The number of ether oxygens (including phenoxy) is 1. The number of hydrogen-bond acceptors (Lipinski definition) is 8. The van der Waals surface area contributed by atoms with Crippen LogP contribution in [0.4, 0.5) is 20.3 Å². The number of anilines is 2. The van der Waals surface area contributed by atoms with E-state index in [2.05, 4.69) is 86.7 Å². The topological polar surface area (TPSA) is 77.9 Å². The first-order valence-corrected chi connectivity index (χ1v) is 21.9. The van der Waals surface area contributed by atoms with Crippen LogP contribution in [0.15, 0.2) is 36.7 Å². The molecule has 0 amide bonds. The Labute approximate surface area is 320 Å². The molecule has 1 unspecified atom stereocenters. The Morgan fingerprint density at radius 2 is 1.72 bits per heavy atom. The van der Waals surface area contributed by atoms with Crippen LogP contribution < -0.4 is 14.5 Å². The van der Waals surface area contributed by atoms with Gasteiger partial charge in [0.2, 0.25) is 0 Å². The molecule has 4 aromatic rings. The van der Waals surface area contributed by atoms with Crippen molar-refractivity contribution >= 4 is 30.4 Å². The predicted octanol–water partition coefficient (Wildman–Crippen LogP) is 8.57. The molecule has 1 saturated heterocycles. The van der Waals surface area contributed by atoms with Gasteiger partial charge in [-0.2, -0.15) is 9.97 Å². The van der Waals surface area contributed by atoms with E-state index in [1.807, 2.05) is 0 Å². The largest absolute Gasteiger partial charge is 0.508 e. The Morgan fingerprint density at radius 3 is 2.43 bits per heavy atom. The molecule has 7 rings (SSSR count). The van der Waals surface area contributed by atoms with E-state index in [4.69, 9.17) is 14.7 Å². The molecule has 1 fully saturated rings. The molecule has 2 aromatic heterocycles. The monoisotopic (exact) mass is 752 g/mol. The first-order valence-electron chi connectivity index (χ1n) is 19.6. The molecule has 1 N–H and O–H groups in total. The average molecular weight is 753 g/mol. The minimum absolute atomic E-state index is 0.0456. The van der Waals surface area contributed by atoms with Gasteiger partial charge in [-0.1, -0.05) is 53.5 Å². The third-order valence-corrected chi connectivity index (χ3v) is 18.8. The van der Waals surface area contributed by atoms with Crippen molar-refractivity contribution in [3.8, 4) is 23.2 Å². The molecule has 286 valence electrons. The summed E-state index contributed by atoms with van der Waals surface area (Å²) in [4.78, 5) is 20.8. The quantitative estimate of drug-likeness (QED) is 0.142. The molecule has 11 heteroatoms. The SMILES string of the molecule is CC1Cc2cncc(F)c2CN1c1nc(OC[C@@H]2CCCN2C)nc2c1CCN(c1cc(O)cc3ccc(F)c(C#C[Si](C(C)C)(C(C)C)C(C)C)c13)C2. The van der Waals surface area contributed by atoms with Gasteiger partial charge in [-0.05, 0) is 85.9 Å². The lowest BCUT2D eigenvalue weighted by Gasteiger charge is -2.39. The first kappa shape index (κ1) is 38.0. The van der Waals surface area contributed by atoms with E-state index in [1.54, 1.807) is 24.4 Å². The van der Waals surface area contributed by atoms with E-state index >= 15 is 8.78 Å². The van der Waals surface area contributed by atoms with E-state index < -0.39 is 8.07 Å². The number of pyridine rings is 1. The Kier molecular flexibility index (Phi) is 10.6. The maximum atomic E-state index is 16.1. The molecule has 8 nitrogen and oxygen atoms in total. The summed E-state index contributed by atoms with van der Waals surface area (Å²) in [7, 11) is -0.0580. The number of nitrogens with zero attached hydrogens (tertiary/aromatic N) is 6. The van der Waals surface area contributed by atoms with Crippen molar-refractivity contribution in [3.63, 3.8) is 0 Å². The zero-order valence-corrected chi connectivity index (χ0v) is 34.0. The average Bonchev–Trinajstić information content (AvgIpc) is 3.54. The molecule has 0 bridgehead atoms. The number of phenols is 1. The van der Waals surface area contributed by atoms with Gasteiger partial charge in [0.1, 0.15) is 37.9 Å². The van der Waals surface area contributed by atoms with Crippen molar-refractivity contribution in [2.24, 2.45) is 0 Å². The maximum Gasteiger partial charge on any atom is 0.318 e. The second-order valence-corrected chi connectivity index (χ2v) is 22.2. The Bertz CT molecular complexity index is 2090. The van der Waals surface area contributed by atoms with Crippen LogP contribution in [0.1, 0.15) is 89.3 Å².